The van der Waals surface area contributed by atoms with Gasteiger partial charge in [0.1, 0.15) is 0 Å². The molecule has 0 aromatic heterocycles. The van der Waals surface area contributed by atoms with Gasteiger partial charge in [-0.2, -0.15) is 0 Å². The van der Waals surface area contributed by atoms with Crippen molar-refractivity contribution in [2.45, 2.75) is 18.7 Å². The molecule has 0 aliphatic rings. The molecular formula is C11H15Cl2NO3S. The topological polar surface area (TPSA) is 55.4 Å². The molecule has 0 saturated carbocycles. The molecule has 18 heavy (non-hydrogen) atoms. The average Bonchev–Trinajstić information content (AvgIpc) is 2.23. The van der Waals surface area contributed by atoms with E-state index in [0.29, 0.717) is 22.2 Å². The summed E-state index contributed by atoms with van der Waals surface area (Å²) in [4.78, 5) is 0. The van der Waals surface area contributed by atoms with Crippen LogP contribution in [0.5, 0.6) is 0 Å². The zero-order chi connectivity index (χ0) is 13.8. The van der Waals surface area contributed by atoms with Gasteiger partial charge in [0, 0.05) is 28.8 Å². The second-order valence-electron chi connectivity index (χ2n) is 3.93. The Labute approximate surface area is 117 Å². The average molecular weight is 312 g/mol. The summed E-state index contributed by atoms with van der Waals surface area (Å²) in [6, 6.07) is 4.58. The molecule has 1 aromatic carbocycles. The van der Waals surface area contributed by atoms with Gasteiger partial charge in [-0.25, -0.2) is 13.1 Å². The molecule has 0 fully saturated rings. The zero-order valence-corrected chi connectivity index (χ0v) is 12.4. The van der Waals surface area contributed by atoms with Crippen LogP contribution in [0.15, 0.2) is 18.2 Å². The van der Waals surface area contributed by atoms with Crippen molar-refractivity contribution >= 4 is 33.2 Å². The van der Waals surface area contributed by atoms with E-state index < -0.39 is 10.0 Å². The van der Waals surface area contributed by atoms with Gasteiger partial charge in [-0.1, -0.05) is 29.3 Å². The number of halogens is 2. The van der Waals surface area contributed by atoms with E-state index in [1.54, 1.807) is 25.1 Å². The van der Waals surface area contributed by atoms with Crippen molar-refractivity contribution in [2.75, 3.05) is 13.7 Å². The predicted molar refractivity (Wildman–Crippen MR) is 73.6 cm³/mol. The fourth-order valence-corrected chi connectivity index (χ4v) is 3.64. The molecule has 7 heteroatoms. The van der Waals surface area contributed by atoms with Crippen LogP contribution in [0.3, 0.4) is 0 Å². The van der Waals surface area contributed by atoms with E-state index in [1.807, 2.05) is 0 Å². The van der Waals surface area contributed by atoms with Crippen LogP contribution < -0.4 is 4.72 Å². The first-order valence-electron chi connectivity index (χ1n) is 5.27. The Morgan fingerprint density at radius 2 is 1.89 bits per heavy atom. The second kappa shape index (κ2) is 6.73. The third-order valence-corrected chi connectivity index (χ3v) is 4.33. The van der Waals surface area contributed by atoms with Gasteiger partial charge in [-0.05, 0) is 19.1 Å². The van der Waals surface area contributed by atoms with Crippen LogP contribution >= 0.6 is 23.2 Å². The maximum atomic E-state index is 11.9. The highest BCUT2D eigenvalue weighted by Gasteiger charge is 2.18. The minimum Gasteiger partial charge on any atom is -0.383 e. The molecule has 1 N–H and O–H groups in total. The molecule has 0 saturated heterocycles. The molecule has 1 aromatic rings. The van der Waals surface area contributed by atoms with Gasteiger partial charge in [-0.15, -0.1) is 0 Å². The third-order valence-electron chi connectivity index (χ3n) is 2.19. The van der Waals surface area contributed by atoms with E-state index in [1.165, 1.54) is 7.11 Å². The van der Waals surface area contributed by atoms with Crippen LogP contribution in [0.1, 0.15) is 12.5 Å². The fraction of sp³-hybridized carbons (Fsp3) is 0.455. The Morgan fingerprint density at radius 3 is 2.39 bits per heavy atom. The van der Waals surface area contributed by atoms with Crippen molar-refractivity contribution in [3.63, 3.8) is 0 Å². The molecular weight excluding hydrogens is 297 g/mol. The van der Waals surface area contributed by atoms with E-state index in [9.17, 15) is 8.42 Å². The summed E-state index contributed by atoms with van der Waals surface area (Å²) in [6.45, 7) is 2.02. The number of benzene rings is 1. The molecule has 1 rings (SSSR count). The number of rotatable bonds is 6. The fourth-order valence-electron chi connectivity index (χ4n) is 1.49. The van der Waals surface area contributed by atoms with E-state index in [-0.39, 0.29) is 11.8 Å². The summed E-state index contributed by atoms with van der Waals surface area (Å²) in [7, 11) is -1.99. The zero-order valence-electron chi connectivity index (χ0n) is 10.1. The Bertz CT molecular complexity index is 485. The molecule has 0 aliphatic carbocycles. The number of hydrogen-bond donors (Lipinski definition) is 1. The summed E-state index contributed by atoms with van der Waals surface area (Å²) in [6.07, 6.45) is 0. The molecule has 0 heterocycles. The normalized spacial score (nSPS) is 13.6. The third kappa shape index (κ3) is 4.74. The first-order valence-corrected chi connectivity index (χ1v) is 7.68. The minimum absolute atomic E-state index is 0.250. The van der Waals surface area contributed by atoms with Gasteiger partial charge < -0.3 is 4.74 Å². The highest BCUT2D eigenvalue weighted by molar-refractivity contribution is 7.88. The minimum atomic E-state index is -3.50. The molecule has 4 nitrogen and oxygen atoms in total. The maximum absolute atomic E-state index is 11.9. The van der Waals surface area contributed by atoms with Crippen molar-refractivity contribution in [1.29, 1.82) is 0 Å². The Kier molecular flexibility index (Phi) is 5.88. The van der Waals surface area contributed by atoms with E-state index in [2.05, 4.69) is 4.72 Å². The standard InChI is InChI=1S/C11H15Cl2NO3S/c1-8(6-17-2)14-18(15,16)7-9-10(12)4-3-5-11(9)13/h3-5,8,14H,6-7H2,1-2H3/t8-/m0/s1. The summed E-state index contributed by atoms with van der Waals surface area (Å²) < 4.78 is 31.2. The SMILES string of the molecule is COC[C@H](C)NS(=O)(=O)Cc1c(Cl)cccc1Cl. The lowest BCUT2D eigenvalue weighted by Gasteiger charge is -2.14. The van der Waals surface area contributed by atoms with Crippen LogP contribution in [0, 0.1) is 0 Å². The Balaban J connectivity index is 2.83. The number of nitrogens with one attached hydrogen (secondary N) is 1. The molecule has 0 bridgehead atoms. The van der Waals surface area contributed by atoms with Gasteiger partial charge in [0.2, 0.25) is 10.0 Å². The number of ether oxygens (including phenoxy) is 1. The number of methoxy groups -OCH3 is 1. The lowest BCUT2D eigenvalue weighted by atomic mass is 10.2. The highest BCUT2D eigenvalue weighted by Crippen LogP contribution is 2.25. The van der Waals surface area contributed by atoms with Gasteiger partial charge in [0.15, 0.2) is 0 Å². The van der Waals surface area contributed by atoms with E-state index in [4.69, 9.17) is 27.9 Å². The molecule has 0 amide bonds. The van der Waals surface area contributed by atoms with Gasteiger partial charge >= 0.3 is 0 Å². The van der Waals surface area contributed by atoms with Crippen LogP contribution in [-0.2, 0) is 20.5 Å². The maximum Gasteiger partial charge on any atom is 0.216 e. The largest absolute Gasteiger partial charge is 0.383 e. The number of sulfonamides is 1. The summed E-state index contributed by atoms with van der Waals surface area (Å²) in [5.74, 6) is -0.250. The van der Waals surface area contributed by atoms with Crippen molar-refractivity contribution in [1.82, 2.24) is 4.72 Å². The van der Waals surface area contributed by atoms with Crippen molar-refractivity contribution in [3.8, 4) is 0 Å². The molecule has 0 spiro atoms. The van der Waals surface area contributed by atoms with Gasteiger partial charge in [-0.3, -0.25) is 0 Å². The second-order valence-corrected chi connectivity index (χ2v) is 6.50. The first kappa shape index (κ1) is 15.7. The smallest absolute Gasteiger partial charge is 0.216 e. The van der Waals surface area contributed by atoms with Crippen LogP contribution in [0.2, 0.25) is 10.0 Å². The summed E-state index contributed by atoms with van der Waals surface area (Å²) >= 11 is 11.9. The van der Waals surface area contributed by atoms with E-state index >= 15 is 0 Å². The Morgan fingerprint density at radius 1 is 1.33 bits per heavy atom. The van der Waals surface area contributed by atoms with Gasteiger partial charge in [0.25, 0.3) is 0 Å². The Hall–Kier alpha value is -0.330. The van der Waals surface area contributed by atoms with E-state index in [0.717, 1.165) is 0 Å². The lowest BCUT2D eigenvalue weighted by Crippen LogP contribution is -2.36. The first-order chi connectivity index (χ1) is 8.35. The van der Waals surface area contributed by atoms with Crippen molar-refractivity contribution in [2.24, 2.45) is 0 Å². The predicted octanol–water partition coefficient (Wildman–Crippen LogP) is 2.45. The molecule has 0 radical (unpaired) electrons. The highest BCUT2D eigenvalue weighted by atomic mass is 35.5. The van der Waals surface area contributed by atoms with Gasteiger partial charge in [0.05, 0.1) is 12.4 Å². The van der Waals surface area contributed by atoms with Crippen molar-refractivity contribution < 1.29 is 13.2 Å². The molecule has 0 unspecified atom stereocenters. The van der Waals surface area contributed by atoms with Crippen LogP contribution in [-0.4, -0.2) is 28.2 Å². The van der Waals surface area contributed by atoms with Crippen LogP contribution in [0.25, 0.3) is 0 Å². The monoisotopic (exact) mass is 311 g/mol. The quantitative estimate of drug-likeness (QED) is 0.878. The van der Waals surface area contributed by atoms with Crippen LogP contribution in [0.4, 0.5) is 0 Å². The molecule has 102 valence electrons. The number of hydrogen-bond acceptors (Lipinski definition) is 3. The molecule has 1 atom stereocenters. The lowest BCUT2D eigenvalue weighted by molar-refractivity contribution is 0.180. The van der Waals surface area contributed by atoms with Crippen molar-refractivity contribution in [3.05, 3.63) is 33.8 Å². The molecule has 0 aliphatic heterocycles. The summed E-state index contributed by atoms with van der Waals surface area (Å²) in [5, 5.41) is 0.680. The summed E-state index contributed by atoms with van der Waals surface area (Å²) in [5.41, 5.74) is 0.401.